The van der Waals surface area contributed by atoms with E-state index < -0.39 is 0 Å². The molecule has 1 fully saturated rings. The van der Waals surface area contributed by atoms with Gasteiger partial charge in [0.25, 0.3) is 0 Å². The van der Waals surface area contributed by atoms with Crippen LogP contribution in [0, 0.1) is 5.41 Å². The molecule has 1 aliphatic heterocycles. The maximum absolute atomic E-state index is 5.48. The second-order valence-corrected chi connectivity index (χ2v) is 6.24. The number of likely N-dealkylation sites (N-methyl/N-ethyl adjacent to an activating group) is 1. The van der Waals surface area contributed by atoms with Crippen LogP contribution in [-0.4, -0.2) is 63.5 Å². The van der Waals surface area contributed by atoms with Crippen LogP contribution in [0.2, 0.25) is 0 Å². The molecule has 1 N–H and O–H groups in total. The van der Waals surface area contributed by atoms with Crippen molar-refractivity contribution >= 4 is 0 Å². The maximum atomic E-state index is 5.48. The Bertz CT molecular complexity index is 228. The highest BCUT2D eigenvalue weighted by Gasteiger charge is 2.35. The summed E-state index contributed by atoms with van der Waals surface area (Å²) in [7, 11) is 3.54. The van der Waals surface area contributed by atoms with Crippen molar-refractivity contribution in [3.63, 3.8) is 0 Å². The summed E-state index contributed by atoms with van der Waals surface area (Å²) in [6, 6.07) is 0.496. The molecule has 0 aromatic heterocycles. The predicted molar refractivity (Wildman–Crippen MR) is 75.0 cm³/mol. The number of nitrogens with zero attached hydrogens (tertiary/aromatic N) is 1. The van der Waals surface area contributed by atoms with E-state index in [9.17, 15) is 0 Å². The van der Waals surface area contributed by atoms with Crippen molar-refractivity contribution < 1.29 is 9.47 Å². The minimum atomic E-state index is 0.206. The number of ether oxygens (including phenoxy) is 2. The molecule has 4 nitrogen and oxygen atoms in total. The largest absolute Gasteiger partial charge is 0.377 e. The molecule has 0 aromatic carbocycles. The third-order valence-corrected chi connectivity index (χ3v) is 3.83. The summed E-state index contributed by atoms with van der Waals surface area (Å²) in [5, 5.41) is 3.59. The van der Waals surface area contributed by atoms with Crippen molar-refractivity contribution in [3.05, 3.63) is 0 Å². The quantitative estimate of drug-likeness (QED) is 0.780. The molecular formula is C14H30N2O2. The summed E-state index contributed by atoms with van der Waals surface area (Å²) < 4.78 is 11.0. The summed E-state index contributed by atoms with van der Waals surface area (Å²) in [4.78, 5) is 2.45. The zero-order chi connectivity index (χ0) is 13.8. The minimum absolute atomic E-state index is 0.206. The maximum Gasteiger partial charge on any atom is 0.0971 e. The van der Waals surface area contributed by atoms with E-state index in [1.807, 2.05) is 0 Å². The fourth-order valence-electron chi connectivity index (χ4n) is 2.57. The highest BCUT2D eigenvalue weighted by Crippen LogP contribution is 2.23. The monoisotopic (exact) mass is 258 g/mol. The van der Waals surface area contributed by atoms with Crippen molar-refractivity contribution in [1.82, 2.24) is 10.2 Å². The van der Waals surface area contributed by atoms with E-state index in [1.165, 1.54) is 0 Å². The lowest BCUT2D eigenvalue weighted by Gasteiger charge is -2.34. The van der Waals surface area contributed by atoms with Crippen molar-refractivity contribution in [1.29, 1.82) is 0 Å². The van der Waals surface area contributed by atoms with E-state index in [4.69, 9.17) is 9.47 Å². The molecular weight excluding hydrogens is 228 g/mol. The predicted octanol–water partition coefficient (Wildman–Crippen LogP) is 1.36. The Morgan fingerprint density at radius 1 is 1.17 bits per heavy atom. The third kappa shape index (κ3) is 4.19. The zero-order valence-electron chi connectivity index (χ0n) is 12.8. The van der Waals surface area contributed by atoms with E-state index >= 15 is 0 Å². The van der Waals surface area contributed by atoms with Gasteiger partial charge in [-0.25, -0.2) is 0 Å². The van der Waals surface area contributed by atoms with Crippen LogP contribution in [-0.2, 0) is 9.47 Å². The standard InChI is InChI=1S/C14H30N2O2/c1-7-15-13(14(2,3)4)10-16-8-11(17-5)12(9-16)18-6/h11-13,15H,7-10H2,1-6H3. The van der Waals surface area contributed by atoms with Gasteiger partial charge in [0.05, 0.1) is 12.2 Å². The molecule has 3 atom stereocenters. The van der Waals surface area contributed by atoms with Gasteiger partial charge in [0.15, 0.2) is 0 Å². The Balaban J connectivity index is 2.55. The van der Waals surface area contributed by atoms with Gasteiger partial charge in [-0.1, -0.05) is 27.7 Å². The summed E-state index contributed by atoms with van der Waals surface area (Å²) in [5.41, 5.74) is 0.268. The normalized spacial score (nSPS) is 27.7. The number of hydrogen-bond acceptors (Lipinski definition) is 4. The van der Waals surface area contributed by atoms with E-state index in [0.717, 1.165) is 26.2 Å². The minimum Gasteiger partial charge on any atom is -0.377 e. The van der Waals surface area contributed by atoms with Gasteiger partial charge in [0, 0.05) is 39.9 Å². The summed E-state index contributed by atoms with van der Waals surface area (Å²) >= 11 is 0. The van der Waals surface area contributed by atoms with Crippen LogP contribution in [0.15, 0.2) is 0 Å². The molecule has 0 bridgehead atoms. The van der Waals surface area contributed by atoms with E-state index in [-0.39, 0.29) is 17.6 Å². The fourth-order valence-corrected chi connectivity index (χ4v) is 2.57. The molecule has 3 unspecified atom stereocenters. The molecule has 0 aliphatic carbocycles. The van der Waals surface area contributed by atoms with Crippen LogP contribution in [0.3, 0.4) is 0 Å². The Kier molecular flexibility index (Phi) is 6.05. The lowest BCUT2D eigenvalue weighted by atomic mass is 9.86. The van der Waals surface area contributed by atoms with Gasteiger partial charge in [0.1, 0.15) is 0 Å². The van der Waals surface area contributed by atoms with Gasteiger partial charge in [0.2, 0.25) is 0 Å². The topological polar surface area (TPSA) is 33.7 Å². The molecule has 1 rings (SSSR count). The molecule has 0 spiro atoms. The van der Waals surface area contributed by atoms with E-state index in [2.05, 4.69) is 37.9 Å². The SMILES string of the molecule is CCNC(CN1CC(OC)C(OC)C1)C(C)(C)C. The second-order valence-electron chi connectivity index (χ2n) is 6.24. The number of rotatable bonds is 6. The fraction of sp³-hybridized carbons (Fsp3) is 1.00. The molecule has 108 valence electrons. The van der Waals surface area contributed by atoms with Crippen molar-refractivity contribution in [3.8, 4) is 0 Å². The first-order valence-corrected chi connectivity index (χ1v) is 6.93. The van der Waals surface area contributed by atoms with Gasteiger partial charge < -0.3 is 14.8 Å². The highest BCUT2D eigenvalue weighted by atomic mass is 16.5. The van der Waals surface area contributed by atoms with Crippen LogP contribution in [0.4, 0.5) is 0 Å². The average molecular weight is 258 g/mol. The number of nitrogens with one attached hydrogen (secondary N) is 1. The smallest absolute Gasteiger partial charge is 0.0971 e. The molecule has 1 heterocycles. The lowest BCUT2D eigenvalue weighted by Crippen LogP contribution is -2.48. The Hall–Kier alpha value is -0.160. The number of likely N-dealkylation sites (tertiary alicyclic amines) is 1. The molecule has 0 amide bonds. The van der Waals surface area contributed by atoms with E-state index in [1.54, 1.807) is 14.2 Å². The van der Waals surface area contributed by atoms with Crippen LogP contribution in [0.1, 0.15) is 27.7 Å². The Labute approximate surface area is 112 Å². The summed E-state index contributed by atoms with van der Waals surface area (Å²) in [6.45, 7) is 13.0. The number of methoxy groups -OCH3 is 2. The first-order valence-electron chi connectivity index (χ1n) is 6.93. The van der Waals surface area contributed by atoms with Crippen molar-refractivity contribution in [2.24, 2.45) is 5.41 Å². The van der Waals surface area contributed by atoms with Crippen molar-refractivity contribution in [2.75, 3.05) is 40.4 Å². The molecule has 0 radical (unpaired) electrons. The molecule has 0 aromatic rings. The average Bonchev–Trinajstić information content (AvgIpc) is 2.69. The van der Waals surface area contributed by atoms with Crippen LogP contribution in [0.5, 0.6) is 0 Å². The first-order chi connectivity index (χ1) is 8.42. The van der Waals surface area contributed by atoms with Gasteiger partial charge in [-0.2, -0.15) is 0 Å². The Morgan fingerprint density at radius 3 is 2.00 bits per heavy atom. The number of hydrogen-bond donors (Lipinski definition) is 1. The van der Waals surface area contributed by atoms with E-state index in [0.29, 0.717) is 6.04 Å². The third-order valence-electron chi connectivity index (χ3n) is 3.83. The van der Waals surface area contributed by atoms with Crippen molar-refractivity contribution in [2.45, 2.75) is 45.9 Å². The molecule has 0 saturated carbocycles. The zero-order valence-corrected chi connectivity index (χ0v) is 12.8. The first kappa shape index (κ1) is 15.9. The molecule has 1 aliphatic rings. The highest BCUT2D eigenvalue weighted by molar-refractivity contribution is 4.90. The molecule has 4 heteroatoms. The summed E-state index contributed by atoms with van der Waals surface area (Å²) in [6.07, 6.45) is 0.412. The van der Waals surface area contributed by atoms with Gasteiger partial charge in [-0.05, 0) is 12.0 Å². The van der Waals surface area contributed by atoms with Crippen LogP contribution in [0.25, 0.3) is 0 Å². The lowest BCUT2D eigenvalue weighted by molar-refractivity contribution is -0.00461. The van der Waals surface area contributed by atoms with Crippen LogP contribution >= 0.6 is 0 Å². The van der Waals surface area contributed by atoms with Crippen LogP contribution < -0.4 is 5.32 Å². The molecule has 18 heavy (non-hydrogen) atoms. The second kappa shape index (κ2) is 6.85. The van der Waals surface area contributed by atoms with Gasteiger partial charge in [-0.3, -0.25) is 4.90 Å². The van der Waals surface area contributed by atoms with Gasteiger partial charge in [-0.15, -0.1) is 0 Å². The molecule has 1 saturated heterocycles. The Morgan fingerprint density at radius 2 is 1.67 bits per heavy atom. The summed E-state index contributed by atoms with van der Waals surface area (Å²) in [5.74, 6) is 0. The van der Waals surface area contributed by atoms with Gasteiger partial charge >= 0.3 is 0 Å².